The van der Waals surface area contributed by atoms with Crippen molar-refractivity contribution in [3.63, 3.8) is 0 Å². The van der Waals surface area contributed by atoms with Gasteiger partial charge in [0, 0.05) is 6.92 Å². The lowest BCUT2D eigenvalue weighted by Gasteiger charge is -2.13. The first kappa shape index (κ1) is 16.0. The first-order chi connectivity index (χ1) is 9.04. The Balaban J connectivity index is 0.00000200. The topological polar surface area (TPSA) is 79.8 Å². The van der Waals surface area contributed by atoms with E-state index in [2.05, 4.69) is 31.0 Å². The zero-order chi connectivity index (χ0) is 13.8. The quantitative estimate of drug-likeness (QED) is 0.905. The number of thiophene rings is 1. The Labute approximate surface area is 122 Å². The van der Waals surface area contributed by atoms with Crippen molar-refractivity contribution in [2.45, 2.75) is 34.2 Å². The molecule has 0 aromatic carbocycles. The molecule has 0 aliphatic carbocycles. The maximum atomic E-state index is 11.0. The highest BCUT2D eigenvalue weighted by atomic mass is 32.1. The predicted octanol–water partition coefficient (Wildman–Crippen LogP) is 3.01. The molecule has 0 saturated carbocycles. The lowest BCUT2D eigenvalue weighted by Crippen LogP contribution is -2.14. The SMILES string of the molecule is C.CC(=O)Nc1nc(C)nc(NC(C)c2ccsc2)n1. The number of hydrogen-bond acceptors (Lipinski definition) is 6. The van der Waals surface area contributed by atoms with E-state index in [0.717, 1.165) is 0 Å². The van der Waals surface area contributed by atoms with Crippen LogP contribution in [0.1, 0.15) is 38.7 Å². The Morgan fingerprint density at radius 3 is 2.60 bits per heavy atom. The molecule has 0 saturated heterocycles. The van der Waals surface area contributed by atoms with Gasteiger partial charge in [-0.3, -0.25) is 10.1 Å². The minimum Gasteiger partial charge on any atom is -0.348 e. The van der Waals surface area contributed by atoms with Crippen LogP contribution in [-0.2, 0) is 4.79 Å². The summed E-state index contributed by atoms with van der Waals surface area (Å²) < 4.78 is 0. The van der Waals surface area contributed by atoms with Crippen LogP contribution in [0.25, 0.3) is 0 Å². The maximum absolute atomic E-state index is 11.0. The summed E-state index contributed by atoms with van der Waals surface area (Å²) >= 11 is 1.64. The molecule has 108 valence electrons. The molecular weight excluding hydrogens is 274 g/mol. The molecular formula is C13H19N5OS. The molecule has 0 fully saturated rings. The number of nitrogens with one attached hydrogen (secondary N) is 2. The molecule has 0 aliphatic rings. The molecule has 2 heterocycles. The van der Waals surface area contributed by atoms with E-state index in [4.69, 9.17) is 0 Å². The third-order valence-corrected chi connectivity index (χ3v) is 3.13. The van der Waals surface area contributed by atoms with Crippen LogP contribution in [0, 0.1) is 6.92 Å². The van der Waals surface area contributed by atoms with Crippen LogP contribution in [-0.4, -0.2) is 20.9 Å². The van der Waals surface area contributed by atoms with E-state index in [1.165, 1.54) is 12.5 Å². The van der Waals surface area contributed by atoms with Crippen molar-refractivity contribution < 1.29 is 4.79 Å². The number of aromatic nitrogens is 3. The van der Waals surface area contributed by atoms with Gasteiger partial charge in [-0.1, -0.05) is 7.43 Å². The van der Waals surface area contributed by atoms with E-state index in [1.54, 1.807) is 18.3 Å². The van der Waals surface area contributed by atoms with Crippen LogP contribution in [0.5, 0.6) is 0 Å². The standard InChI is InChI=1S/C12H15N5OS.CH4/c1-7(10-4-5-19-6-10)13-11-14-8(2)15-12(17-11)16-9(3)18;/h4-7H,1-3H3,(H2,13,14,15,16,17,18);1H4. The van der Waals surface area contributed by atoms with Crippen molar-refractivity contribution in [3.05, 3.63) is 28.2 Å². The molecule has 1 amide bonds. The second kappa shape index (κ2) is 6.95. The van der Waals surface area contributed by atoms with Crippen LogP contribution in [0.15, 0.2) is 16.8 Å². The molecule has 1 unspecified atom stereocenters. The zero-order valence-corrected chi connectivity index (χ0v) is 11.8. The van der Waals surface area contributed by atoms with Crippen molar-refractivity contribution >= 4 is 29.1 Å². The van der Waals surface area contributed by atoms with Gasteiger partial charge < -0.3 is 5.32 Å². The summed E-state index contributed by atoms with van der Waals surface area (Å²) in [5, 5.41) is 9.84. The van der Waals surface area contributed by atoms with Crippen molar-refractivity contribution in [3.8, 4) is 0 Å². The van der Waals surface area contributed by atoms with Gasteiger partial charge in [-0.05, 0) is 36.2 Å². The van der Waals surface area contributed by atoms with Crippen molar-refractivity contribution in [2.75, 3.05) is 10.6 Å². The fourth-order valence-corrected chi connectivity index (χ4v) is 2.31. The van der Waals surface area contributed by atoms with E-state index < -0.39 is 0 Å². The molecule has 0 spiro atoms. The van der Waals surface area contributed by atoms with E-state index in [9.17, 15) is 4.79 Å². The van der Waals surface area contributed by atoms with E-state index in [0.29, 0.717) is 11.8 Å². The minimum absolute atomic E-state index is 0. The Morgan fingerprint density at radius 2 is 2.00 bits per heavy atom. The van der Waals surface area contributed by atoms with Gasteiger partial charge in [-0.2, -0.15) is 26.3 Å². The highest BCUT2D eigenvalue weighted by Crippen LogP contribution is 2.19. The van der Waals surface area contributed by atoms with Gasteiger partial charge in [0.2, 0.25) is 17.8 Å². The molecule has 2 aromatic heterocycles. The van der Waals surface area contributed by atoms with Gasteiger partial charge in [-0.15, -0.1) is 0 Å². The van der Waals surface area contributed by atoms with Gasteiger partial charge in [0.05, 0.1) is 6.04 Å². The molecule has 0 radical (unpaired) electrons. The number of carbonyl (C=O) groups excluding carboxylic acids is 1. The highest BCUT2D eigenvalue weighted by Gasteiger charge is 2.10. The molecule has 6 nitrogen and oxygen atoms in total. The molecule has 2 N–H and O–H groups in total. The van der Waals surface area contributed by atoms with Crippen molar-refractivity contribution in [2.24, 2.45) is 0 Å². The summed E-state index contributed by atoms with van der Waals surface area (Å²) in [7, 11) is 0. The summed E-state index contributed by atoms with van der Waals surface area (Å²) in [6.07, 6.45) is 0. The Bertz CT molecular complexity index is 570. The number of amides is 1. The van der Waals surface area contributed by atoms with Gasteiger partial charge in [0.1, 0.15) is 5.82 Å². The van der Waals surface area contributed by atoms with Crippen LogP contribution in [0.2, 0.25) is 0 Å². The summed E-state index contributed by atoms with van der Waals surface area (Å²) in [5.41, 5.74) is 1.17. The molecule has 1 atom stereocenters. The average Bonchev–Trinajstić information content (AvgIpc) is 2.79. The lowest BCUT2D eigenvalue weighted by molar-refractivity contribution is -0.114. The van der Waals surface area contributed by atoms with Gasteiger partial charge in [-0.25, -0.2) is 0 Å². The minimum atomic E-state index is -0.206. The summed E-state index contributed by atoms with van der Waals surface area (Å²) in [6, 6.07) is 2.14. The Morgan fingerprint density at radius 1 is 1.30 bits per heavy atom. The fraction of sp³-hybridized carbons (Fsp3) is 0.385. The first-order valence-corrected chi connectivity index (χ1v) is 6.78. The third kappa shape index (κ3) is 4.27. The normalized spacial score (nSPS) is 11.3. The number of hydrogen-bond donors (Lipinski definition) is 2. The maximum Gasteiger partial charge on any atom is 0.234 e. The summed E-state index contributed by atoms with van der Waals surface area (Å²) in [4.78, 5) is 23.4. The molecule has 7 heteroatoms. The summed E-state index contributed by atoms with van der Waals surface area (Å²) in [6.45, 7) is 5.20. The van der Waals surface area contributed by atoms with Crippen LogP contribution < -0.4 is 10.6 Å². The van der Waals surface area contributed by atoms with E-state index in [-0.39, 0.29) is 25.3 Å². The highest BCUT2D eigenvalue weighted by molar-refractivity contribution is 7.07. The molecule has 0 bridgehead atoms. The summed E-state index contributed by atoms with van der Waals surface area (Å²) in [5.74, 6) is 1.07. The first-order valence-electron chi connectivity index (χ1n) is 5.83. The number of carbonyl (C=O) groups is 1. The molecule has 20 heavy (non-hydrogen) atoms. The average molecular weight is 293 g/mol. The smallest absolute Gasteiger partial charge is 0.234 e. The second-order valence-electron chi connectivity index (χ2n) is 4.13. The monoisotopic (exact) mass is 293 g/mol. The Hall–Kier alpha value is -2.02. The molecule has 0 aliphatic heterocycles. The van der Waals surface area contributed by atoms with Crippen LogP contribution >= 0.6 is 11.3 Å². The fourth-order valence-electron chi connectivity index (χ4n) is 1.56. The van der Waals surface area contributed by atoms with Crippen LogP contribution in [0.3, 0.4) is 0 Å². The van der Waals surface area contributed by atoms with Crippen molar-refractivity contribution in [1.29, 1.82) is 0 Å². The Kier molecular flexibility index (Phi) is 5.57. The number of anilines is 2. The largest absolute Gasteiger partial charge is 0.348 e. The van der Waals surface area contributed by atoms with Crippen LogP contribution in [0.4, 0.5) is 11.9 Å². The number of rotatable bonds is 4. The van der Waals surface area contributed by atoms with Gasteiger partial charge >= 0.3 is 0 Å². The van der Waals surface area contributed by atoms with Gasteiger partial charge in [0.25, 0.3) is 0 Å². The van der Waals surface area contributed by atoms with E-state index in [1.807, 2.05) is 18.4 Å². The van der Waals surface area contributed by atoms with E-state index >= 15 is 0 Å². The molecule has 2 rings (SSSR count). The number of nitrogens with zero attached hydrogens (tertiary/aromatic N) is 3. The van der Waals surface area contributed by atoms with Gasteiger partial charge in [0.15, 0.2) is 0 Å². The lowest BCUT2D eigenvalue weighted by atomic mass is 10.2. The second-order valence-corrected chi connectivity index (χ2v) is 4.91. The third-order valence-electron chi connectivity index (χ3n) is 2.42. The van der Waals surface area contributed by atoms with Crippen molar-refractivity contribution in [1.82, 2.24) is 15.0 Å². The predicted molar refractivity (Wildman–Crippen MR) is 82.0 cm³/mol. The number of aryl methyl sites for hydroxylation is 1. The zero-order valence-electron chi connectivity index (χ0n) is 11.0. The molecule has 2 aromatic rings.